The van der Waals surface area contributed by atoms with Crippen molar-refractivity contribution in [1.82, 2.24) is 0 Å². The molecule has 0 radical (unpaired) electrons. The summed E-state index contributed by atoms with van der Waals surface area (Å²) in [5, 5.41) is 7.46. The van der Waals surface area contributed by atoms with Crippen LogP contribution in [0.15, 0.2) is 95.2 Å². The number of hydrogen-bond acceptors (Lipinski definition) is 4. The number of carbonyl (C=O) groups excluding carboxylic acids is 2. The zero-order valence-electron chi connectivity index (χ0n) is 18.4. The van der Waals surface area contributed by atoms with Gasteiger partial charge < -0.3 is 10.6 Å². The molecule has 6 heteroatoms. The highest BCUT2D eigenvalue weighted by Crippen LogP contribution is 2.37. The van der Waals surface area contributed by atoms with Gasteiger partial charge in [-0.1, -0.05) is 54.1 Å². The predicted molar refractivity (Wildman–Crippen MR) is 138 cm³/mol. The summed E-state index contributed by atoms with van der Waals surface area (Å²) < 4.78 is 0. The SMILES string of the molecule is Cc1ccc(NC(=O)C(Sc2ccc(NC(=O)c3cccs3)cc2)c2ccccc2)c(C)c1. The number of amides is 2. The highest BCUT2D eigenvalue weighted by Gasteiger charge is 2.22. The second-order valence-corrected chi connectivity index (χ2v) is 9.80. The number of carbonyl (C=O) groups is 2. The Kier molecular flexibility index (Phi) is 7.27. The lowest BCUT2D eigenvalue weighted by atomic mass is 10.1. The van der Waals surface area contributed by atoms with Crippen LogP contribution in [0.2, 0.25) is 0 Å². The topological polar surface area (TPSA) is 58.2 Å². The van der Waals surface area contributed by atoms with E-state index >= 15 is 0 Å². The van der Waals surface area contributed by atoms with Gasteiger partial charge in [-0.3, -0.25) is 9.59 Å². The molecule has 0 aliphatic heterocycles. The van der Waals surface area contributed by atoms with Gasteiger partial charge in [0.25, 0.3) is 5.91 Å². The van der Waals surface area contributed by atoms with Crippen molar-refractivity contribution in [3.8, 4) is 0 Å². The molecule has 1 unspecified atom stereocenters. The smallest absolute Gasteiger partial charge is 0.265 e. The van der Waals surface area contributed by atoms with Crippen molar-refractivity contribution in [3.05, 3.63) is 112 Å². The summed E-state index contributed by atoms with van der Waals surface area (Å²) in [4.78, 5) is 27.2. The number of aryl methyl sites for hydroxylation is 2. The minimum atomic E-state index is -0.418. The van der Waals surface area contributed by atoms with Gasteiger partial charge in [-0.05, 0) is 66.8 Å². The van der Waals surface area contributed by atoms with Crippen molar-refractivity contribution >= 4 is 46.3 Å². The van der Waals surface area contributed by atoms with Gasteiger partial charge in [0.15, 0.2) is 0 Å². The Labute approximate surface area is 202 Å². The number of rotatable bonds is 7. The van der Waals surface area contributed by atoms with Gasteiger partial charge in [-0.25, -0.2) is 0 Å². The van der Waals surface area contributed by atoms with Gasteiger partial charge in [-0.15, -0.1) is 23.1 Å². The Morgan fingerprint density at radius 2 is 1.61 bits per heavy atom. The van der Waals surface area contributed by atoms with Crippen LogP contribution in [0.25, 0.3) is 0 Å². The quantitative estimate of drug-likeness (QED) is 0.282. The van der Waals surface area contributed by atoms with E-state index in [0.717, 1.165) is 27.3 Å². The fourth-order valence-corrected chi connectivity index (χ4v) is 5.05. The van der Waals surface area contributed by atoms with Crippen molar-refractivity contribution in [2.24, 2.45) is 0 Å². The zero-order valence-corrected chi connectivity index (χ0v) is 20.0. The molecule has 3 aromatic carbocycles. The standard InChI is InChI=1S/C27H24N2O2S2/c1-18-10-15-23(19(2)17-18)29-27(31)25(20-7-4-3-5-8-20)33-22-13-11-21(12-14-22)28-26(30)24-9-6-16-32-24/h3-17,25H,1-2H3,(H,28,30)(H,29,31). The van der Waals surface area contributed by atoms with Crippen molar-refractivity contribution in [1.29, 1.82) is 0 Å². The van der Waals surface area contributed by atoms with Crippen LogP contribution in [-0.2, 0) is 4.79 Å². The Morgan fingerprint density at radius 1 is 0.848 bits per heavy atom. The summed E-state index contributed by atoms with van der Waals surface area (Å²) in [6, 6.07) is 27.0. The second-order valence-electron chi connectivity index (χ2n) is 7.67. The highest BCUT2D eigenvalue weighted by atomic mass is 32.2. The van der Waals surface area contributed by atoms with E-state index < -0.39 is 5.25 Å². The zero-order chi connectivity index (χ0) is 23.2. The highest BCUT2D eigenvalue weighted by molar-refractivity contribution is 8.00. The van der Waals surface area contributed by atoms with E-state index in [4.69, 9.17) is 0 Å². The first-order chi connectivity index (χ1) is 16.0. The number of thioether (sulfide) groups is 1. The summed E-state index contributed by atoms with van der Waals surface area (Å²) in [6.07, 6.45) is 0. The molecule has 4 nitrogen and oxygen atoms in total. The molecule has 4 rings (SSSR count). The van der Waals surface area contributed by atoms with Crippen LogP contribution in [0.4, 0.5) is 11.4 Å². The number of benzene rings is 3. The Morgan fingerprint density at radius 3 is 2.27 bits per heavy atom. The molecule has 0 aliphatic carbocycles. The molecule has 0 fully saturated rings. The molecule has 0 spiro atoms. The minimum absolute atomic E-state index is 0.0757. The largest absolute Gasteiger partial charge is 0.325 e. The van der Waals surface area contributed by atoms with E-state index in [1.54, 1.807) is 6.07 Å². The first-order valence-electron chi connectivity index (χ1n) is 10.5. The lowest BCUT2D eigenvalue weighted by Crippen LogP contribution is -2.19. The average molecular weight is 473 g/mol. The van der Waals surface area contributed by atoms with Gasteiger partial charge in [-0.2, -0.15) is 0 Å². The first kappa shape index (κ1) is 22.8. The molecule has 2 N–H and O–H groups in total. The van der Waals surface area contributed by atoms with Gasteiger partial charge in [0.1, 0.15) is 5.25 Å². The molecular formula is C27H24N2O2S2. The molecule has 1 atom stereocenters. The van der Waals surface area contributed by atoms with Crippen LogP contribution in [0.5, 0.6) is 0 Å². The van der Waals surface area contributed by atoms with Crippen LogP contribution in [0, 0.1) is 13.8 Å². The molecule has 2 amide bonds. The predicted octanol–water partition coefficient (Wildman–Crippen LogP) is 7.09. The normalized spacial score (nSPS) is 11.6. The van der Waals surface area contributed by atoms with Crippen molar-refractivity contribution in [3.63, 3.8) is 0 Å². The fourth-order valence-electron chi connectivity index (χ4n) is 3.41. The van der Waals surface area contributed by atoms with Gasteiger partial charge >= 0.3 is 0 Å². The van der Waals surface area contributed by atoms with Gasteiger partial charge in [0.05, 0.1) is 4.88 Å². The molecular weight excluding hydrogens is 448 g/mol. The molecule has 0 saturated carbocycles. The van der Waals surface area contributed by atoms with Crippen molar-refractivity contribution in [2.45, 2.75) is 24.0 Å². The fraction of sp³-hybridized carbons (Fsp3) is 0.111. The summed E-state index contributed by atoms with van der Waals surface area (Å²) in [7, 11) is 0. The van der Waals surface area contributed by atoms with E-state index in [0.29, 0.717) is 10.6 Å². The molecule has 33 heavy (non-hydrogen) atoms. The van der Waals surface area contributed by atoms with Crippen LogP contribution in [0.3, 0.4) is 0 Å². The lowest BCUT2D eigenvalue weighted by molar-refractivity contribution is -0.115. The Bertz CT molecular complexity index is 1240. The second kappa shape index (κ2) is 10.5. The Balaban J connectivity index is 1.51. The van der Waals surface area contributed by atoms with Crippen LogP contribution in [-0.4, -0.2) is 11.8 Å². The summed E-state index contributed by atoms with van der Waals surface area (Å²) >= 11 is 2.89. The third-order valence-electron chi connectivity index (χ3n) is 5.09. The monoisotopic (exact) mass is 472 g/mol. The van der Waals surface area contributed by atoms with E-state index in [1.807, 2.05) is 92.0 Å². The minimum Gasteiger partial charge on any atom is -0.325 e. The third-order valence-corrected chi connectivity index (χ3v) is 7.23. The van der Waals surface area contributed by atoms with E-state index in [-0.39, 0.29) is 11.8 Å². The van der Waals surface area contributed by atoms with Crippen molar-refractivity contribution in [2.75, 3.05) is 10.6 Å². The molecule has 0 saturated heterocycles. The van der Waals surface area contributed by atoms with Gasteiger partial charge in [0, 0.05) is 16.3 Å². The van der Waals surface area contributed by atoms with Crippen LogP contribution in [0.1, 0.15) is 31.6 Å². The maximum absolute atomic E-state index is 13.3. The molecule has 1 heterocycles. The number of anilines is 2. The van der Waals surface area contributed by atoms with E-state index in [1.165, 1.54) is 23.1 Å². The van der Waals surface area contributed by atoms with E-state index in [9.17, 15) is 9.59 Å². The lowest BCUT2D eigenvalue weighted by Gasteiger charge is -2.18. The summed E-state index contributed by atoms with van der Waals surface area (Å²) in [5.41, 5.74) is 4.66. The third kappa shape index (κ3) is 5.92. The molecule has 0 aliphatic rings. The first-order valence-corrected chi connectivity index (χ1v) is 12.3. The number of nitrogens with one attached hydrogen (secondary N) is 2. The number of thiophene rings is 1. The van der Waals surface area contributed by atoms with Crippen LogP contribution < -0.4 is 10.6 Å². The molecule has 1 aromatic heterocycles. The molecule has 0 bridgehead atoms. The maximum Gasteiger partial charge on any atom is 0.265 e. The van der Waals surface area contributed by atoms with Gasteiger partial charge in [0.2, 0.25) is 5.91 Å². The molecule has 166 valence electrons. The van der Waals surface area contributed by atoms with Crippen molar-refractivity contribution < 1.29 is 9.59 Å². The van der Waals surface area contributed by atoms with Crippen LogP contribution >= 0.6 is 23.1 Å². The summed E-state index contributed by atoms with van der Waals surface area (Å²) in [6.45, 7) is 4.03. The average Bonchev–Trinajstić information content (AvgIpc) is 3.36. The summed E-state index contributed by atoms with van der Waals surface area (Å²) in [5.74, 6) is -0.200. The Hall–Kier alpha value is -3.35. The van der Waals surface area contributed by atoms with E-state index in [2.05, 4.69) is 16.7 Å². The molecule has 4 aromatic rings. The number of hydrogen-bond donors (Lipinski definition) is 2. The maximum atomic E-state index is 13.3.